The largest absolute Gasteiger partial charge is 0.460 e. The molecule has 0 aliphatic heterocycles. The minimum Gasteiger partial charge on any atom is -0.460 e. The van der Waals surface area contributed by atoms with Crippen molar-refractivity contribution in [2.45, 2.75) is 6.92 Å². The van der Waals surface area contributed by atoms with Crippen LogP contribution in [0.5, 0.6) is 0 Å². The first-order valence-electron chi connectivity index (χ1n) is 5.71. The molecule has 0 radical (unpaired) electrons. The number of ether oxygens (including phenoxy) is 4. The Balaban J connectivity index is 3.50. The monoisotopic (exact) mass is 258 g/mol. The third-order valence-electron chi connectivity index (χ3n) is 1.81. The lowest BCUT2D eigenvalue weighted by Gasteiger charge is -2.08. The quantitative estimate of drug-likeness (QED) is 0.242. The lowest BCUT2D eigenvalue weighted by Crippen LogP contribution is -2.16. The fourth-order valence-electron chi connectivity index (χ4n) is 0.947. The summed E-state index contributed by atoms with van der Waals surface area (Å²) in [6.45, 7) is 11.2. The van der Waals surface area contributed by atoms with Gasteiger partial charge >= 0.3 is 5.97 Å². The summed E-state index contributed by atoms with van der Waals surface area (Å²) >= 11 is 0. The summed E-state index contributed by atoms with van der Waals surface area (Å²) in [5.41, 5.74) is 1.18. The predicted octanol–water partition coefficient (Wildman–Crippen LogP) is 1.34. The molecule has 0 unspecified atom stereocenters. The molecular formula is C13H22O5. The molecule has 104 valence electrons. The number of methoxy groups -OCH3 is 1. The second-order valence-corrected chi connectivity index (χ2v) is 3.79. The van der Waals surface area contributed by atoms with Crippen LogP contribution in [-0.2, 0) is 23.7 Å². The van der Waals surface area contributed by atoms with E-state index in [1.807, 2.05) is 6.92 Å². The zero-order valence-electron chi connectivity index (χ0n) is 11.2. The molecule has 5 heteroatoms. The Bertz CT molecular complexity index is 273. The topological polar surface area (TPSA) is 54.0 Å². The Kier molecular flexibility index (Phi) is 10.2. The average molecular weight is 258 g/mol. The second kappa shape index (κ2) is 11.0. The Morgan fingerprint density at radius 2 is 1.67 bits per heavy atom. The lowest BCUT2D eigenvalue weighted by molar-refractivity contribution is -0.141. The van der Waals surface area contributed by atoms with Crippen LogP contribution in [0.2, 0.25) is 0 Å². The minimum absolute atomic E-state index is 0.149. The third-order valence-corrected chi connectivity index (χ3v) is 1.81. The molecule has 0 spiro atoms. The van der Waals surface area contributed by atoms with Gasteiger partial charge in [0.2, 0.25) is 0 Å². The van der Waals surface area contributed by atoms with Crippen LogP contribution in [0.4, 0.5) is 0 Å². The molecule has 0 aliphatic carbocycles. The molecule has 0 rings (SSSR count). The fraction of sp³-hybridized carbons (Fsp3) is 0.615. The van der Waals surface area contributed by atoms with Gasteiger partial charge in [-0.05, 0) is 6.92 Å². The number of esters is 1. The Morgan fingerprint density at radius 1 is 1.00 bits per heavy atom. The summed E-state index contributed by atoms with van der Waals surface area (Å²) in [6, 6.07) is 0. The highest BCUT2D eigenvalue weighted by molar-refractivity contribution is 5.87. The van der Waals surface area contributed by atoms with Crippen LogP contribution >= 0.6 is 0 Å². The van der Waals surface area contributed by atoms with Gasteiger partial charge in [0, 0.05) is 7.11 Å². The lowest BCUT2D eigenvalue weighted by atomic mass is 10.3. The Hall–Kier alpha value is -1.17. The highest BCUT2D eigenvalue weighted by atomic mass is 16.6. The average Bonchev–Trinajstić information content (AvgIpc) is 2.32. The van der Waals surface area contributed by atoms with Crippen LogP contribution in [0.3, 0.4) is 0 Å². The van der Waals surface area contributed by atoms with Gasteiger partial charge in [0.1, 0.15) is 6.61 Å². The number of rotatable bonds is 11. The smallest absolute Gasteiger partial charge is 0.335 e. The number of carbonyl (C=O) groups excluding carboxylic acids is 1. The minimum atomic E-state index is -0.466. The molecule has 0 heterocycles. The first kappa shape index (κ1) is 16.8. The summed E-state index contributed by atoms with van der Waals surface area (Å²) in [5.74, 6) is -0.466. The van der Waals surface area contributed by atoms with Gasteiger partial charge in [-0.3, -0.25) is 0 Å². The maximum Gasteiger partial charge on any atom is 0.335 e. The number of hydrogen-bond acceptors (Lipinski definition) is 5. The van der Waals surface area contributed by atoms with Crippen LogP contribution in [0.25, 0.3) is 0 Å². The molecule has 0 aliphatic rings. The van der Waals surface area contributed by atoms with Crippen LogP contribution in [0.15, 0.2) is 24.3 Å². The van der Waals surface area contributed by atoms with Gasteiger partial charge in [-0.25, -0.2) is 4.79 Å². The molecule has 0 saturated carbocycles. The SMILES string of the molecule is C=C(C)COCC(=C)C(=O)OCCOCCOC. The molecule has 18 heavy (non-hydrogen) atoms. The zero-order valence-corrected chi connectivity index (χ0v) is 11.2. The van der Waals surface area contributed by atoms with E-state index in [-0.39, 0.29) is 18.8 Å². The van der Waals surface area contributed by atoms with E-state index in [9.17, 15) is 4.79 Å². The van der Waals surface area contributed by atoms with Crippen molar-refractivity contribution in [3.8, 4) is 0 Å². The summed E-state index contributed by atoms with van der Waals surface area (Å²) < 4.78 is 20.1. The van der Waals surface area contributed by atoms with Gasteiger partial charge < -0.3 is 18.9 Å². The van der Waals surface area contributed by atoms with E-state index in [0.717, 1.165) is 5.57 Å². The molecule has 0 fully saturated rings. The number of hydrogen-bond donors (Lipinski definition) is 0. The third kappa shape index (κ3) is 10.0. The normalized spacial score (nSPS) is 10.1. The van der Waals surface area contributed by atoms with E-state index in [1.165, 1.54) is 0 Å². The summed E-state index contributed by atoms with van der Waals surface area (Å²) in [6.07, 6.45) is 0. The zero-order chi connectivity index (χ0) is 13.8. The van der Waals surface area contributed by atoms with E-state index in [1.54, 1.807) is 7.11 Å². The maximum absolute atomic E-state index is 11.4. The summed E-state index contributed by atoms with van der Waals surface area (Å²) in [5, 5.41) is 0. The van der Waals surface area contributed by atoms with E-state index in [2.05, 4.69) is 13.2 Å². The van der Waals surface area contributed by atoms with Gasteiger partial charge in [0.05, 0.1) is 38.6 Å². The molecule has 0 amide bonds. The second-order valence-electron chi connectivity index (χ2n) is 3.79. The van der Waals surface area contributed by atoms with Gasteiger partial charge in [0.25, 0.3) is 0 Å². The Labute approximate surface area is 108 Å². The first-order chi connectivity index (χ1) is 8.57. The van der Waals surface area contributed by atoms with E-state index in [4.69, 9.17) is 18.9 Å². The number of carbonyl (C=O) groups is 1. The highest BCUT2D eigenvalue weighted by Crippen LogP contribution is 1.98. The van der Waals surface area contributed by atoms with Crippen molar-refractivity contribution in [3.63, 3.8) is 0 Å². The molecule has 0 aromatic heterocycles. The van der Waals surface area contributed by atoms with Crippen molar-refractivity contribution in [1.29, 1.82) is 0 Å². The summed E-state index contributed by atoms with van der Waals surface area (Å²) in [7, 11) is 1.60. The Morgan fingerprint density at radius 3 is 2.28 bits per heavy atom. The molecule has 0 aromatic rings. The van der Waals surface area contributed by atoms with Crippen LogP contribution in [0.1, 0.15) is 6.92 Å². The van der Waals surface area contributed by atoms with E-state index in [0.29, 0.717) is 26.4 Å². The molecule has 0 bridgehead atoms. The first-order valence-corrected chi connectivity index (χ1v) is 5.71. The van der Waals surface area contributed by atoms with Crippen molar-refractivity contribution in [2.75, 3.05) is 46.8 Å². The summed E-state index contributed by atoms with van der Waals surface area (Å²) in [4.78, 5) is 11.4. The van der Waals surface area contributed by atoms with E-state index >= 15 is 0 Å². The predicted molar refractivity (Wildman–Crippen MR) is 68.4 cm³/mol. The maximum atomic E-state index is 11.4. The van der Waals surface area contributed by atoms with Crippen molar-refractivity contribution < 1.29 is 23.7 Å². The molecule has 0 aromatic carbocycles. The fourth-order valence-corrected chi connectivity index (χ4v) is 0.947. The van der Waals surface area contributed by atoms with E-state index < -0.39 is 5.97 Å². The van der Waals surface area contributed by atoms with Crippen molar-refractivity contribution in [3.05, 3.63) is 24.3 Å². The van der Waals surface area contributed by atoms with Crippen molar-refractivity contribution in [1.82, 2.24) is 0 Å². The van der Waals surface area contributed by atoms with Crippen LogP contribution in [0, 0.1) is 0 Å². The van der Waals surface area contributed by atoms with Gasteiger partial charge in [-0.2, -0.15) is 0 Å². The van der Waals surface area contributed by atoms with Crippen LogP contribution < -0.4 is 0 Å². The van der Waals surface area contributed by atoms with Crippen molar-refractivity contribution in [2.24, 2.45) is 0 Å². The van der Waals surface area contributed by atoms with Crippen molar-refractivity contribution >= 4 is 5.97 Å². The van der Waals surface area contributed by atoms with Gasteiger partial charge in [-0.15, -0.1) is 0 Å². The highest BCUT2D eigenvalue weighted by Gasteiger charge is 2.08. The van der Waals surface area contributed by atoms with Gasteiger partial charge in [0.15, 0.2) is 0 Å². The molecular weight excluding hydrogens is 236 g/mol. The standard InChI is InChI=1S/C13H22O5/c1-11(2)9-17-10-12(3)13(14)18-8-7-16-6-5-15-4/h1,3,5-10H2,2,4H3. The molecule has 5 nitrogen and oxygen atoms in total. The van der Waals surface area contributed by atoms with Crippen LogP contribution in [-0.4, -0.2) is 52.7 Å². The molecule has 0 saturated heterocycles. The van der Waals surface area contributed by atoms with Gasteiger partial charge in [-0.1, -0.05) is 18.7 Å². The molecule has 0 atom stereocenters. The molecule has 0 N–H and O–H groups in total.